The van der Waals surface area contributed by atoms with Crippen LogP contribution < -0.4 is 5.73 Å². The number of aromatic nitrogens is 2. The van der Waals surface area contributed by atoms with Crippen LogP contribution in [0.4, 0.5) is 0 Å². The monoisotopic (exact) mass is 284 g/mol. The third kappa shape index (κ3) is 3.01. The van der Waals surface area contributed by atoms with E-state index in [1.54, 1.807) is 0 Å². The minimum Gasteiger partial charge on any atom is -0.330 e. The Balaban J connectivity index is 1.91. The summed E-state index contributed by atoms with van der Waals surface area (Å²) in [6.45, 7) is 8.39. The molecule has 2 aromatic rings. The normalized spacial score (nSPS) is 19.3. The van der Waals surface area contributed by atoms with E-state index in [-0.39, 0.29) is 0 Å². The van der Waals surface area contributed by atoms with Crippen LogP contribution in [0.2, 0.25) is 0 Å². The summed E-state index contributed by atoms with van der Waals surface area (Å²) < 4.78 is 1.98. The van der Waals surface area contributed by atoms with E-state index in [2.05, 4.69) is 36.0 Å². The van der Waals surface area contributed by atoms with Crippen LogP contribution in [-0.2, 0) is 6.54 Å². The van der Waals surface area contributed by atoms with Gasteiger partial charge in [-0.2, -0.15) is 5.10 Å². The molecule has 0 saturated carbocycles. The van der Waals surface area contributed by atoms with Crippen molar-refractivity contribution in [2.75, 3.05) is 19.6 Å². The molecule has 0 radical (unpaired) electrons. The van der Waals surface area contributed by atoms with Gasteiger partial charge in [-0.15, -0.1) is 0 Å². The van der Waals surface area contributed by atoms with E-state index in [1.807, 2.05) is 23.1 Å². The van der Waals surface area contributed by atoms with E-state index in [1.165, 1.54) is 28.8 Å². The fourth-order valence-electron chi connectivity index (χ4n) is 3.27. The smallest absolute Gasteiger partial charge is 0.0695 e. The highest BCUT2D eigenvalue weighted by molar-refractivity contribution is 5.48. The first-order valence-corrected chi connectivity index (χ1v) is 7.70. The molecule has 1 atom stereocenters. The van der Waals surface area contributed by atoms with Gasteiger partial charge in [-0.1, -0.05) is 6.07 Å². The highest BCUT2D eigenvalue weighted by Crippen LogP contribution is 2.25. The molecular formula is C17H24N4. The molecule has 1 aromatic carbocycles. The standard InChI is InChI=1S/C17H24N4/c1-13-8-14(2)16(12-20-7-4-15(10-18)11-20)17(9-13)21-6-3-5-19-21/h3,5-6,8-9,15H,4,7,10-12,18H2,1-2H3. The van der Waals surface area contributed by atoms with Crippen molar-refractivity contribution in [1.29, 1.82) is 0 Å². The van der Waals surface area contributed by atoms with Crippen molar-refractivity contribution in [2.24, 2.45) is 11.7 Å². The van der Waals surface area contributed by atoms with Crippen molar-refractivity contribution in [1.82, 2.24) is 14.7 Å². The number of benzene rings is 1. The van der Waals surface area contributed by atoms with Gasteiger partial charge in [0, 0.05) is 25.5 Å². The van der Waals surface area contributed by atoms with Crippen molar-refractivity contribution in [3.63, 3.8) is 0 Å². The van der Waals surface area contributed by atoms with Crippen LogP contribution in [0.5, 0.6) is 0 Å². The average molecular weight is 284 g/mol. The zero-order chi connectivity index (χ0) is 14.8. The number of aryl methyl sites for hydroxylation is 2. The van der Waals surface area contributed by atoms with Crippen LogP contribution in [0.25, 0.3) is 5.69 Å². The number of nitrogens with two attached hydrogens (primary N) is 1. The topological polar surface area (TPSA) is 47.1 Å². The largest absolute Gasteiger partial charge is 0.330 e. The zero-order valence-electron chi connectivity index (χ0n) is 12.9. The van der Waals surface area contributed by atoms with Crippen molar-refractivity contribution < 1.29 is 0 Å². The number of rotatable bonds is 4. The van der Waals surface area contributed by atoms with Crippen LogP contribution in [0.3, 0.4) is 0 Å². The van der Waals surface area contributed by atoms with Gasteiger partial charge in [0.15, 0.2) is 0 Å². The molecular weight excluding hydrogens is 260 g/mol. The highest BCUT2D eigenvalue weighted by Gasteiger charge is 2.22. The molecule has 21 heavy (non-hydrogen) atoms. The quantitative estimate of drug-likeness (QED) is 0.937. The zero-order valence-corrected chi connectivity index (χ0v) is 12.9. The molecule has 0 spiro atoms. The summed E-state index contributed by atoms with van der Waals surface area (Å²) in [6.07, 6.45) is 5.07. The van der Waals surface area contributed by atoms with Gasteiger partial charge in [-0.05, 0) is 68.1 Å². The molecule has 2 N–H and O–H groups in total. The molecule has 2 heterocycles. The Bertz CT molecular complexity index is 604. The molecule has 1 saturated heterocycles. The van der Waals surface area contributed by atoms with Crippen LogP contribution in [-0.4, -0.2) is 34.3 Å². The predicted molar refractivity (Wildman–Crippen MR) is 85.5 cm³/mol. The molecule has 1 fully saturated rings. The van der Waals surface area contributed by atoms with Gasteiger partial charge >= 0.3 is 0 Å². The summed E-state index contributed by atoms with van der Waals surface area (Å²) in [6, 6.07) is 6.46. The molecule has 0 bridgehead atoms. The maximum atomic E-state index is 5.81. The van der Waals surface area contributed by atoms with Crippen molar-refractivity contribution >= 4 is 0 Å². The molecule has 0 amide bonds. The predicted octanol–water partition coefficient (Wildman–Crippen LogP) is 2.27. The number of likely N-dealkylation sites (tertiary alicyclic amines) is 1. The van der Waals surface area contributed by atoms with E-state index < -0.39 is 0 Å². The third-order valence-electron chi connectivity index (χ3n) is 4.43. The summed E-state index contributed by atoms with van der Waals surface area (Å²) in [5.41, 5.74) is 11.0. The molecule has 4 heteroatoms. The Morgan fingerprint density at radius 3 is 2.86 bits per heavy atom. The van der Waals surface area contributed by atoms with E-state index in [0.717, 1.165) is 26.2 Å². The van der Waals surface area contributed by atoms with Gasteiger partial charge in [0.2, 0.25) is 0 Å². The Labute approximate surface area is 126 Å². The Kier molecular flexibility index (Phi) is 4.08. The maximum Gasteiger partial charge on any atom is 0.0695 e. The number of nitrogens with zero attached hydrogens (tertiary/aromatic N) is 3. The van der Waals surface area contributed by atoms with Gasteiger partial charge in [-0.3, -0.25) is 4.90 Å². The lowest BCUT2D eigenvalue weighted by Gasteiger charge is -2.21. The second kappa shape index (κ2) is 6.00. The van der Waals surface area contributed by atoms with Crippen LogP contribution >= 0.6 is 0 Å². The minimum absolute atomic E-state index is 0.656. The molecule has 1 aromatic heterocycles. The molecule has 1 unspecified atom stereocenters. The maximum absolute atomic E-state index is 5.81. The summed E-state index contributed by atoms with van der Waals surface area (Å²) in [5, 5.41) is 4.41. The molecule has 0 aliphatic carbocycles. The lowest BCUT2D eigenvalue weighted by Crippen LogP contribution is -2.24. The van der Waals surface area contributed by atoms with Gasteiger partial charge in [-0.25, -0.2) is 4.68 Å². The Morgan fingerprint density at radius 1 is 1.33 bits per heavy atom. The lowest BCUT2D eigenvalue weighted by molar-refractivity contribution is 0.317. The first-order valence-electron chi connectivity index (χ1n) is 7.70. The van der Waals surface area contributed by atoms with E-state index in [0.29, 0.717) is 5.92 Å². The molecule has 4 nitrogen and oxygen atoms in total. The van der Waals surface area contributed by atoms with Crippen molar-refractivity contribution in [3.8, 4) is 5.69 Å². The minimum atomic E-state index is 0.656. The van der Waals surface area contributed by atoms with Gasteiger partial charge in [0.05, 0.1) is 5.69 Å². The summed E-state index contributed by atoms with van der Waals surface area (Å²) in [4.78, 5) is 2.52. The van der Waals surface area contributed by atoms with Crippen molar-refractivity contribution in [2.45, 2.75) is 26.8 Å². The highest BCUT2D eigenvalue weighted by atomic mass is 15.3. The van der Waals surface area contributed by atoms with E-state index in [4.69, 9.17) is 5.73 Å². The SMILES string of the molecule is Cc1cc(C)c(CN2CCC(CN)C2)c(-n2cccn2)c1. The van der Waals surface area contributed by atoms with Crippen LogP contribution in [0.15, 0.2) is 30.6 Å². The van der Waals surface area contributed by atoms with E-state index in [9.17, 15) is 0 Å². The van der Waals surface area contributed by atoms with Gasteiger partial charge in [0.25, 0.3) is 0 Å². The molecule has 1 aliphatic rings. The molecule has 1 aliphatic heterocycles. The third-order valence-corrected chi connectivity index (χ3v) is 4.43. The summed E-state index contributed by atoms with van der Waals surface area (Å²) in [5.74, 6) is 0.656. The fraction of sp³-hybridized carbons (Fsp3) is 0.471. The fourth-order valence-corrected chi connectivity index (χ4v) is 3.27. The van der Waals surface area contributed by atoms with Gasteiger partial charge < -0.3 is 5.73 Å². The van der Waals surface area contributed by atoms with Crippen LogP contribution in [0, 0.1) is 19.8 Å². The molecule has 112 valence electrons. The summed E-state index contributed by atoms with van der Waals surface area (Å²) in [7, 11) is 0. The molecule has 3 rings (SSSR count). The van der Waals surface area contributed by atoms with Gasteiger partial charge in [0.1, 0.15) is 0 Å². The van der Waals surface area contributed by atoms with Crippen LogP contribution in [0.1, 0.15) is 23.1 Å². The second-order valence-electron chi connectivity index (χ2n) is 6.16. The lowest BCUT2D eigenvalue weighted by atomic mass is 10.0. The Hall–Kier alpha value is -1.65. The first-order chi connectivity index (χ1) is 10.2. The first kappa shape index (κ1) is 14.3. The summed E-state index contributed by atoms with van der Waals surface area (Å²) >= 11 is 0. The number of hydrogen-bond acceptors (Lipinski definition) is 3. The van der Waals surface area contributed by atoms with E-state index >= 15 is 0 Å². The average Bonchev–Trinajstić information content (AvgIpc) is 3.12. The second-order valence-corrected chi connectivity index (χ2v) is 6.16. The Morgan fingerprint density at radius 2 is 2.19 bits per heavy atom. The van der Waals surface area contributed by atoms with Crippen molar-refractivity contribution in [3.05, 3.63) is 47.3 Å². The number of hydrogen-bond donors (Lipinski definition) is 1.